The number of hydrogen-bond donors (Lipinski definition) is 5. The highest BCUT2D eigenvalue weighted by Gasteiger charge is 2.48. The van der Waals surface area contributed by atoms with Crippen LogP contribution in [0, 0.1) is 6.61 Å². The Balaban J connectivity index is 1.99. The molecule has 6 N–H and O–H groups in total. The monoisotopic (exact) mass is 298 g/mol. The standard InChI is InChI=1S/C11H16N5O5/c1-15-3-16(8-5(15)9(20)14-11(12)13-8)10-7(19)6(18)4(2-17)21-10/h2,4,6-7,10,17-19H,3H2,1H3,(H3,12,13,14,20)/t4-,6-,7-,10-/m1/s1. The first-order valence-corrected chi connectivity index (χ1v) is 6.30. The largest absolute Gasteiger partial charge is 0.387 e. The van der Waals surface area contributed by atoms with Gasteiger partial charge >= 0.3 is 0 Å². The van der Waals surface area contributed by atoms with Gasteiger partial charge in [-0.25, -0.2) is 0 Å². The molecule has 0 spiro atoms. The molecule has 0 amide bonds. The van der Waals surface area contributed by atoms with Crippen LogP contribution in [-0.4, -0.2) is 63.5 Å². The van der Waals surface area contributed by atoms with Gasteiger partial charge in [0, 0.05) is 7.05 Å². The van der Waals surface area contributed by atoms with E-state index in [1.54, 1.807) is 11.9 Å². The molecule has 1 aromatic rings. The van der Waals surface area contributed by atoms with Gasteiger partial charge < -0.3 is 35.6 Å². The van der Waals surface area contributed by atoms with Gasteiger partial charge in [-0.05, 0) is 0 Å². The summed E-state index contributed by atoms with van der Waals surface area (Å²) in [5.74, 6) is 0.200. The smallest absolute Gasteiger partial charge is 0.278 e. The predicted molar refractivity (Wildman–Crippen MR) is 71.9 cm³/mol. The predicted octanol–water partition coefficient (Wildman–Crippen LogP) is -2.45. The van der Waals surface area contributed by atoms with Crippen molar-refractivity contribution in [2.45, 2.75) is 24.5 Å². The maximum Gasteiger partial charge on any atom is 0.278 e. The van der Waals surface area contributed by atoms with Gasteiger partial charge in [-0.15, -0.1) is 0 Å². The van der Waals surface area contributed by atoms with E-state index in [0.717, 1.165) is 0 Å². The molecule has 115 valence electrons. The highest BCUT2D eigenvalue weighted by Crippen LogP contribution is 2.36. The van der Waals surface area contributed by atoms with E-state index in [1.807, 2.05) is 0 Å². The van der Waals surface area contributed by atoms with Crippen LogP contribution in [-0.2, 0) is 4.74 Å². The number of aromatic amines is 1. The molecular formula is C11H16N5O5. The molecule has 0 aromatic carbocycles. The van der Waals surface area contributed by atoms with Crippen LogP contribution < -0.4 is 21.1 Å². The number of fused-ring (bicyclic) bond motifs is 1. The fraction of sp³-hybridized carbons (Fsp3) is 0.545. The quantitative estimate of drug-likeness (QED) is 0.401. The van der Waals surface area contributed by atoms with Crippen LogP contribution >= 0.6 is 0 Å². The van der Waals surface area contributed by atoms with Gasteiger partial charge in [0.05, 0.1) is 6.67 Å². The van der Waals surface area contributed by atoms with Crippen molar-refractivity contribution in [3.05, 3.63) is 17.0 Å². The molecule has 4 atom stereocenters. The van der Waals surface area contributed by atoms with E-state index in [9.17, 15) is 15.0 Å². The van der Waals surface area contributed by atoms with Crippen LogP contribution in [0.3, 0.4) is 0 Å². The number of ether oxygens (including phenoxy) is 1. The number of nitrogens with two attached hydrogens (primary N) is 1. The summed E-state index contributed by atoms with van der Waals surface area (Å²) < 4.78 is 5.40. The van der Waals surface area contributed by atoms with Crippen molar-refractivity contribution in [3.63, 3.8) is 0 Å². The minimum Gasteiger partial charge on any atom is -0.387 e. The van der Waals surface area contributed by atoms with Gasteiger partial charge in [0.2, 0.25) is 5.95 Å². The minimum atomic E-state index is -1.27. The average Bonchev–Trinajstić information content (AvgIpc) is 2.89. The topological polar surface area (TPSA) is 148 Å². The lowest BCUT2D eigenvalue weighted by Gasteiger charge is -2.27. The van der Waals surface area contributed by atoms with E-state index in [2.05, 4.69) is 9.97 Å². The maximum absolute atomic E-state index is 11.9. The van der Waals surface area contributed by atoms with Crippen molar-refractivity contribution in [1.82, 2.24) is 9.97 Å². The Morgan fingerprint density at radius 2 is 2.19 bits per heavy atom. The normalized spacial score (nSPS) is 31.8. The maximum atomic E-state index is 11.9. The molecule has 0 saturated carbocycles. The van der Waals surface area contributed by atoms with Gasteiger partial charge in [-0.2, -0.15) is 4.98 Å². The molecule has 2 aliphatic heterocycles. The molecule has 2 aliphatic rings. The molecule has 10 heteroatoms. The Kier molecular flexibility index (Phi) is 3.24. The zero-order valence-corrected chi connectivity index (χ0v) is 11.2. The number of aliphatic hydroxyl groups excluding tert-OH is 3. The Morgan fingerprint density at radius 1 is 1.48 bits per heavy atom. The van der Waals surface area contributed by atoms with Crippen LogP contribution in [0.5, 0.6) is 0 Å². The molecule has 21 heavy (non-hydrogen) atoms. The molecule has 1 fully saturated rings. The van der Waals surface area contributed by atoms with Gasteiger partial charge in [0.25, 0.3) is 5.56 Å². The number of nitrogens with one attached hydrogen (secondary N) is 1. The molecule has 0 unspecified atom stereocenters. The number of anilines is 3. The van der Waals surface area contributed by atoms with Gasteiger partial charge in [-0.1, -0.05) is 0 Å². The number of rotatable bonds is 2. The molecule has 3 rings (SSSR count). The summed E-state index contributed by atoms with van der Waals surface area (Å²) >= 11 is 0. The van der Waals surface area contributed by atoms with Crippen molar-refractivity contribution in [2.75, 3.05) is 29.2 Å². The fourth-order valence-corrected chi connectivity index (χ4v) is 2.65. The van der Waals surface area contributed by atoms with Crippen LogP contribution in [0.15, 0.2) is 4.79 Å². The number of nitrogen functional groups attached to an aromatic ring is 1. The van der Waals surface area contributed by atoms with Crippen molar-refractivity contribution >= 4 is 17.5 Å². The summed E-state index contributed by atoms with van der Waals surface area (Å²) in [6.07, 6.45) is -4.50. The Labute approximate surface area is 119 Å². The van der Waals surface area contributed by atoms with E-state index in [-0.39, 0.29) is 18.4 Å². The molecular weight excluding hydrogens is 282 g/mol. The van der Waals surface area contributed by atoms with Gasteiger partial charge in [0.1, 0.15) is 30.6 Å². The fourth-order valence-electron chi connectivity index (χ4n) is 2.65. The zero-order valence-electron chi connectivity index (χ0n) is 11.2. The number of H-pyrrole nitrogens is 1. The lowest BCUT2D eigenvalue weighted by atomic mass is 10.1. The van der Waals surface area contributed by atoms with Gasteiger partial charge in [0.15, 0.2) is 12.0 Å². The van der Waals surface area contributed by atoms with Crippen molar-refractivity contribution < 1.29 is 20.1 Å². The Morgan fingerprint density at radius 3 is 2.81 bits per heavy atom. The molecule has 0 bridgehead atoms. The third-order valence-corrected chi connectivity index (χ3v) is 3.64. The molecule has 1 saturated heterocycles. The van der Waals surface area contributed by atoms with Crippen LogP contribution in [0.25, 0.3) is 0 Å². The first kappa shape index (κ1) is 14.1. The third-order valence-electron chi connectivity index (χ3n) is 3.64. The van der Waals surface area contributed by atoms with Gasteiger partial charge in [-0.3, -0.25) is 9.78 Å². The average molecular weight is 298 g/mol. The number of aliphatic hydroxyl groups is 3. The highest BCUT2D eigenvalue weighted by molar-refractivity contribution is 5.72. The summed E-state index contributed by atoms with van der Waals surface area (Å²) in [5.41, 5.74) is 5.44. The summed E-state index contributed by atoms with van der Waals surface area (Å²) in [5, 5.41) is 28.9. The Hall–Kier alpha value is -1.88. The molecule has 0 aliphatic carbocycles. The molecule has 10 nitrogen and oxygen atoms in total. The second-order valence-electron chi connectivity index (χ2n) is 5.05. The van der Waals surface area contributed by atoms with E-state index in [1.165, 1.54) is 4.90 Å². The first-order valence-electron chi connectivity index (χ1n) is 6.30. The lowest BCUT2D eigenvalue weighted by Crippen LogP contribution is -2.45. The molecule has 1 aromatic heterocycles. The lowest BCUT2D eigenvalue weighted by molar-refractivity contribution is 0.00304. The molecule has 1 radical (unpaired) electrons. The molecule has 3 heterocycles. The Bertz CT molecular complexity index is 607. The second-order valence-corrected chi connectivity index (χ2v) is 5.05. The van der Waals surface area contributed by atoms with E-state index in [4.69, 9.17) is 15.6 Å². The van der Waals surface area contributed by atoms with Crippen molar-refractivity contribution in [1.29, 1.82) is 0 Å². The van der Waals surface area contributed by atoms with Crippen LogP contribution in [0.4, 0.5) is 17.5 Å². The number of hydrogen-bond acceptors (Lipinski definition) is 9. The van der Waals surface area contributed by atoms with E-state index >= 15 is 0 Å². The summed E-state index contributed by atoms with van der Waals surface area (Å²) in [6, 6.07) is 0. The van der Waals surface area contributed by atoms with Crippen molar-refractivity contribution in [3.8, 4) is 0 Å². The number of nitrogens with zero attached hydrogens (tertiary/aromatic N) is 3. The second kappa shape index (κ2) is 4.84. The van der Waals surface area contributed by atoms with E-state index < -0.39 is 30.1 Å². The summed E-state index contributed by atoms with van der Waals surface area (Å²) in [4.78, 5) is 21.5. The first-order chi connectivity index (χ1) is 9.93. The zero-order chi connectivity index (χ0) is 15.3. The number of aromatic nitrogens is 2. The SMILES string of the molecule is CN1CN([C@@H]2O[C@H]([CH]O)[C@@H](O)[C@H]2O)c2nc(N)[nH]c(=O)c21. The summed E-state index contributed by atoms with van der Waals surface area (Å²) in [6.45, 7) is 0.898. The highest BCUT2D eigenvalue weighted by atomic mass is 16.6. The van der Waals surface area contributed by atoms with E-state index in [0.29, 0.717) is 12.3 Å². The van der Waals surface area contributed by atoms with Crippen molar-refractivity contribution in [2.24, 2.45) is 0 Å². The van der Waals surface area contributed by atoms with Crippen LogP contribution in [0.1, 0.15) is 0 Å². The minimum absolute atomic E-state index is 0.0580. The van der Waals surface area contributed by atoms with Crippen LogP contribution in [0.2, 0.25) is 0 Å². The summed E-state index contributed by atoms with van der Waals surface area (Å²) in [7, 11) is 1.68. The third kappa shape index (κ3) is 2.03.